The molecule has 0 bridgehead atoms. The third-order valence-corrected chi connectivity index (χ3v) is 5.79. The second kappa shape index (κ2) is 7.68. The van der Waals surface area contributed by atoms with E-state index in [9.17, 15) is 23.2 Å². The minimum absolute atomic E-state index is 0.147. The number of Topliss-reactive ketones (excluding diaryl/α,β-unsaturated/α-hetero) is 1. The molecule has 8 nitrogen and oxygen atoms in total. The standard InChI is InChI=1S/C21H21F2N5O3/c1-27(16-4-2-3-11-24-16)17-6-5-14(12-25-17)15(29)13-28-18(30)20(26-19(28)31)7-9-21(22,23)10-8-20/h2-6,11-12H,7-10,13H2,1H3,(H,26,31). The van der Waals surface area contributed by atoms with Gasteiger partial charge in [0, 0.05) is 37.8 Å². The minimum atomic E-state index is -2.84. The van der Waals surface area contributed by atoms with Crippen molar-refractivity contribution >= 4 is 29.4 Å². The molecule has 4 rings (SSSR count). The van der Waals surface area contributed by atoms with Crippen LogP contribution in [0.1, 0.15) is 36.0 Å². The van der Waals surface area contributed by atoms with Gasteiger partial charge < -0.3 is 10.2 Å². The molecule has 0 radical (unpaired) electrons. The molecule has 2 aromatic rings. The van der Waals surface area contributed by atoms with Crippen molar-refractivity contribution in [1.29, 1.82) is 0 Å². The molecule has 0 unspecified atom stereocenters. The van der Waals surface area contributed by atoms with Crippen molar-refractivity contribution in [2.45, 2.75) is 37.1 Å². The Balaban J connectivity index is 1.44. The molecule has 162 valence electrons. The molecule has 3 heterocycles. The minimum Gasteiger partial charge on any atom is -0.323 e. The van der Waals surface area contributed by atoms with Crippen LogP contribution in [0.25, 0.3) is 0 Å². The highest BCUT2D eigenvalue weighted by atomic mass is 19.3. The smallest absolute Gasteiger partial charge is 0.323 e. The van der Waals surface area contributed by atoms with E-state index in [-0.39, 0.29) is 18.4 Å². The molecule has 2 fully saturated rings. The quantitative estimate of drug-likeness (QED) is 0.580. The van der Waals surface area contributed by atoms with E-state index in [0.29, 0.717) is 11.6 Å². The van der Waals surface area contributed by atoms with Crippen LogP contribution in [0, 0.1) is 0 Å². The first-order valence-electron chi connectivity index (χ1n) is 9.87. The van der Waals surface area contributed by atoms with Gasteiger partial charge in [-0.25, -0.2) is 23.5 Å². The lowest BCUT2D eigenvalue weighted by Crippen LogP contribution is -2.51. The number of ketones is 1. The average molecular weight is 429 g/mol. The maximum atomic E-state index is 13.5. The SMILES string of the molecule is CN(c1ccccn1)c1ccc(C(=O)CN2C(=O)NC3(CCC(F)(F)CC3)C2=O)cn1. The van der Waals surface area contributed by atoms with Gasteiger partial charge in [-0.15, -0.1) is 0 Å². The molecule has 1 saturated heterocycles. The lowest BCUT2D eigenvalue weighted by Gasteiger charge is -2.34. The maximum Gasteiger partial charge on any atom is 0.325 e. The number of hydrogen-bond donors (Lipinski definition) is 1. The molecule has 0 aromatic carbocycles. The fourth-order valence-electron chi connectivity index (χ4n) is 3.86. The van der Waals surface area contributed by atoms with Crippen molar-refractivity contribution < 1.29 is 23.2 Å². The van der Waals surface area contributed by atoms with E-state index in [0.717, 1.165) is 4.90 Å². The molecule has 1 N–H and O–H groups in total. The second-order valence-corrected chi connectivity index (χ2v) is 7.83. The lowest BCUT2D eigenvalue weighted by molar-refractivity contribution is -0.135. The number of carbonyl (C=O) groups is 3. The van der Waals surface area contributed by atoms with Gasteiger partial charge in [0.15, 0.2) is 5.78 Å². The van der Waals surface area contributed by atoms with E-state index in [2.05, 4.69) is 15.3 Å². The highest BCUT2D eigenvalue weighted by Gasteiger charge is 2.55. The molecule has 1 spiro atoms. The summed E-state index contributed by atoms with van der Waals surface area (Å²) in [6.07, 6.45) is 1.78. The molecular weight excluding hydrogens is 408 g/mol. The first-order chi connectivity index (χ1) is 14.7. The number of nitrogens with one attached hydrogen (secondary N) is 1. The monoisotopic (exact) mass is 429 g/mol. The summed E-state index contributed by atoms with van der Waals surface area (Å²) < 4.78 is 27.0. The summed E-state index contributed by atoms with van der Waals surface area (Å²) in [5, 5.41) is 2.53. The third-order valence-electron chi connectivity index (χ3n) is 5.79. The third kappa shape index (κ3) is 3.97. The van der Waals surface area contributed by atoms with Gasteiger partial charge in [0.2, 0.25) is 5.92 Å². The van der Waals surface area contributed by atoms with E-state index >= 15 is 0 Å². The predicted octanol–water partition coefficient (Wildman–Crippen LogP) is 2.93. The summed E-state index contributed by atoms with van der Waals surface area (Å²) >= 11 is 0. The number of nitrogens with zero attached hydrogens (tertiary/aromatic N) is 4. The number of halogens is 2. The van der Waals surface area contributed by atoms with Gasteiger partial charge in [-0.1, -0.05) is 6.07 Å². The molecule has 0 atom stereocenters. The number of aromatic nitrogens is 2. The summed E-state index contributed by atoms with van der Waals surface area (Å²) in [7, 11) is 1.78. The number of hydrogen-bond acceptors (Lipinski definition) is 6. The number of alkyl halides is 2. The molecule has 3 amide bonds. The van der Waals surface area contributed by atoms with Crippen LogP contribution in [0.2, 0.25) is 0 Å². The summed E-state index contributed by atoms with van der Waals surface area (Å²) in [4.78, 5) is 48.8. The van der Waals surface area contributed by atoms with E-state index < -0.39 is 48.6 Å². The molecular formula is C21H21F2N5O3. The fourth-order valence-corrected chi connectivity index (χ4v) is 3.86. The van der Waals surface area contributed by atoms with Gasteiger partial charge in [-0.05, 0) is 37.1 Å². The Hall–Kier alpha value is -3.43. The second-order valence-electron chi connectivity index (χ2n) is 7.83. The van der Waals surface area contributed by atoms with E-state index in [1.54, 1.807) is 36.3 Å². The topological polar surface area (TPSA) is 95.5 Å². The Morgan fingerprint density at radius 1 is 1.10 bits per heavy atom. The fraction of sp³-hybridized carbons (Fsp3) is 0.381. The largest absolute Gasteiger partial charge is 0.325 e. The van der Waals surface area contributed by atoms with Gasteiger partial charge in [-0.3, -0.25) is 14.5 Å². The van der Waals surface area contributed by atoms with E-state index in [1.165, 1.54) is 6.20 Å². The molecule has 2 aromatic heterocycles. The van der Waals surface area contributed by atoms with Crippen molar-refractivity contribution in [2.24, 2.45) is 0 Å². The highest BCUT2D eigenvalue weighted by molar-refractivity contribution is 6.11. The van der Waals surface area contributed by atoms with Crippen LogP contribution in [0.5, 0.6) is 0 Å². The number of pyridine rings is 2. The summed E-state index contributed by atoms with van der Waals surface area (Å²) in [6.45, 7) is -0.472. The van der Waals surface area contributed by atoms with Gasteiger partial charge >= 0.3 is 6.03 Å². The van der Waals surface area contributed by atoms with Gasteiger partial charge in [0.1, 0.15) is 17.2 Å². The number of urea groups is 1. The molecule has 1 aliphatic carbocycles. The van der Waals surface area contributed by atoms with Crippen LogP contribution in [0.4, 0.5) is 25.2 Å². The number of anilines is 2. The summed E-state index contributed by atoms with van der Waals surface area (Å²) in [6, 6.07) is 7.91. The van der Waals surface area contributed by atoms with Crippen LogP contribution >= 0.6 is 0 Å². The molecule has 1 saturated carbocycles. The number of imide groups is 1. The van der Waals surface area contributed by atoms with Gasteiger partial charge in [0.25, 0.3) is 5.91 Å². The van der Waals surface area contributed by atoms with Crippen molar-refractivity contribution in [2.75, 3.05) is 18.5 Å². The van der Waals surface area contributed by atoms with Crippen molar-refractivity contribution in [3.8, 4) is 0 Å². The number of amides is 3. The van der Waals surface area contributed by atoms with Crippen LogP contribution in [0.15, 0.2) is 42.7 Å². The summed E-state index contributed by atoms with van der Waals surface area (Å²) in [5.41, 5.74) is -1.11. The van der Waals surface area contributed by atoms with Gasteiger partial charge in [0.05, 0.1) is 6.54 Å². The number of carbonyl (C=O) groups excluding carboxylic acids is 3. The zero-order chi connectivity index (χ0) is 22.2. The van der Waals surface area contributed by atoms with Crippen LogP contribution in [-0.4, -0.2) is 57.6 Å². The molecule has 2 aliphatic rings. The lowest BCUT2D eigenvalue weighted by atomic mass is 9.80. The Morgan fingerprint density at radius 2 is 1.81 bits per heavy atom. The Labute approximate surface area is 177 Å². The van der Waals surface area contributed by atoms with Crippen LogP contribution in [0.3, 0.4) is 0 Å². The van der Waals surface area contributed by atoms with Crippen molar-refractivity contribution in [3.63, 3.8) is 0 Å². The van der Waals surface area contributed by atoms with Crippen molar-refractivity contribution in [1.82, 2.24) is 20.2 Å². The van der Waals surface area contributed by atoms with Crippen molar-refractivity contribution in [3.05, 3.63) is 48.3 Å². The Kier molecular flexibility index (Phi) is 5.16. The van der Waals surface area contributed by atoms with Crippen LogP contribution < -0.4 is 10.2 Å². The normalized spacial score (nSPS) is 19.4. The van der Waals surface area contributed by atoms with E-state index in [4.69, 9.17) is 0 Å². The zero-order valence-corrected chi connectivity index (χ0v) is 16.8. The Bertz CT molecular complexity index is 1000. The first-order valence-corrected chi connectivity index (χ1v) is 9.87. The number of rotatable bonds is 5. The first kappa shape index (κ1) is 20.8. The predicted molar refractivity (Wildman–Crippen MR) is 107 cm³/mol. The molecule has 31 heavy (non-hydrogen) atoms. The maximum absolute atomic E-state index is 13.5. The highest BCUT2D eigenvalue weighted by Crippen LogP contribution is 2.41. The average Bonchev–Trinajstić information content (AvgIpc) is 3.00. The summed E-state index contributed by atoms with van der Waals surface area (Å²) in [5.74, 6) is -2.69. The zero-order valence-electron chi connectivity index (χ0n) is 16.8. The molecule has 1 aliphatic heterocycles. The van der Waals surface area contributed by atoms with E-state index in [1.807, 2.05) is 12.1 Å². The Morgan fingerprint density at radius 3 is 2.42 bits per heavy atom. The van der Waals surface area contributed by atoms with Gasteiger partial charge in [-0.2, -0.15) is 0 Å². The molecule has 10 heteroatoms. The van der Waals surface area contributed by atoms with Crippen LogP contribution in [-0.2, 0) is 4.79 Å².